The van der Waals surface area contributed by atoms with Gasteiger partial charge in [-0.25, -0.2) is 4.79 Å². The van der Waals surface area contributed by atoms with Gasteiger partial charge in [0.25, 0.3) is 0 Å². The number of hydrogen-bond acceptors (Lipinski definition) is 7. The maximum atomic E-state index is 13.0. The molecule has 158 valence electrons. The number of carbonyl (C=O) groups is 3. The molecule has 0 unspecified atom stereocenters. The van der Waals surface area contributed by atoms with Crippen LogP contribution in [0.5, 0.6) is 0 Å². The van der Waals surface area contributed by atoms with E-state index in [0.29, 0.717) is 46.5 Å². The number of hydrogen-bond donors (Lipinski definition) is 2. The van der Waals surface area contributed by atoms with Crippen LogP contribution in [0, 0.1) is 13.8 Å². The third-order valence-corrected chi connectivity index (χ3v) is 5.60. The molecule has 2 heterocycles. The van der Waals surface area contributed by atoms with Crippen molar-refractivity contribution in [3.05, 3.63) is 28.3 Å². The predicted molar refractivity (Wildman–Crippen MR) is 109 cm³/mol. The number of nitrogens with two attached hydrogens (primary N) is 1. The van der Waals surface area contributed by atoms with Crippen molar-refractivity contribution in [2.24, 2.45) is 5.73 Å². The molecule has 1 atom stereocenters. The molecule has 9 nitrogen and oxygen atoms in total. The SMILES string of the molecule is CCOC(=O)c1c(C)[nH]c(C(=O)[C@H](C)Sc2nnc(CCC(N)=O)n2CC)c1C. The van der Waals surface area contributed by atoms with Gasteiger partial charge in [0.1, 0.15) is 5.82 Å². The third kappa shape index (κ3) is 5.06. The Morgan fingerprint density at radius 1 is 1.24 bits per heavy atom. The van der Waals surface area contributed by atoms with Gasteiger partial charge in [0, 0.05) is 25.1 Å². The molecule has 0 saturated heterocycles. The van der Waals surface area contributed by atoms with Gasteiger partial charge >= 0.3 is 5.97 Å². The lowest BCUT2D eigenvalue weighted by Gasteiger charge is -2.11. The molecule has 0 aliphatic rings. The topological polar surface area (TPSA) is 133 Å². The Balaban J connectivity index is 2.21. The molecule has 0 aliphatic carbocycles. The summed E-state index contributed by atoms with van der Waals surface area (Å²) in [6, 6.07) is 0. The van der Waals surface area contributed by atoms with Crippen LogP contribution < -0.4 is 5.73 Å². The number of ketones is 1. The molecular weight excluding hydrogens is 394 g/mol. The zero-order valence-corrected chi connectivity index (χ0v) is 18.2. The fourth-order valence-electron chi connectivity index (χ4n) is 3.06. The van der Waals surface area contributed by atoms with Crippen LogP contribution in [0.3, 0.4) is 0 Å². The first-order valence-corrected chi connectivity index (χ1v) is 10.4. The lowest BCUT2D eigenvalue weighted by atomic mass is 10.1. The fraction of sp³-hybridized carbons (Fsp3) is 0.526. The van der Waals surface area contributed by atoms with Gasteiger partial charge in [0.05, 0.1) is 23.1 Å². The molecule has 1 amide bonds. The summed E-state index contributed by atoms with van der Waals surface area (Å²) < 4.78 is 6.95. The number of H-pyrrole nitrogens is 1. The van der Waals surface area contributed by atoms with Crippen molar-refractivity contribution in [3.8, 4) is 0 Å². The summed E-state index contributed by atoms with van der Waals surface area (Å²) in [7, 11) is 0. The molecule has 0 aliphatic heterocycles. The molecule has 2 aromatic rings. The van der Waals surface area contributed by atoms with Crippen LogP contribution in [-0.4, -0.2) is 49.3 Å². The lowest BCUT2D eigenvalue weighted by Crippen LogP contribution is -2.17. The molecular formula is C19H27N5O4S. The number of nitrogens with zero attached hydrogens (tertiary/aromatic N) is 3. The first kappa shape index (κ1) is 22.7. The standard InChI is InChI=1S/C19H27N5O4S/c1-6-24-14(9-8-13(20)25)22-23-19(24)29-12(5)17(26)16-10(3)15(11(4)21-16)18(27)28-7-2/h12,21H,6-9H2,1-5H3,(H2,20,25)/t12-/m0/s1. The number of aryl methyl sites for hydroxylation is 2. The van der Waals surface area contributed by atoms with Crippen molar-refractivity contribution in [2.45, 2.75) is 64.4 Å². The number of esters is 1. The van der Waals surface area contributed by atoms with E-state index in [4.69, 9.17) is 10.5 Å². The summed E-state index contributed by atoms with van der Waals surface area (Å²) in [5.41, 5.74) is 7.19. The highest BCUT2D eigenvalue weighted by Gasteiger charge is 2.27. The Bertz CT molecular complexity index is 918. The van der Waals surface area contributed by atoms with E-state index < -0.39 is 17.1 Å². The number of thioether (sulfide) groups is 1. The smallest absolute Gasteiger partial charge is 0.340 e. The molecule has 0 radical (unpaired) electrons. The number of nitrogens with one attached hydrogen (secondary N) is 1. The second-order valence-corrected chi connectivity index (χ2v) is 7.89. The minimum absolute atomic E-state index is 0.143. The van der Waals surface area contributed by atoms with E-state index in [9.17, 15) is 14.4 Å². The zero-order valence-electron chi connectivity index (χ0n) is 17.4. The molecule has 29 heavy (non-hydrogen) atoms. The number of rotatable bonds is 10. The highest BCUT2D eigenvalue weighted by atomic mass is 32.2. The van der Waals surface area contributed by atoms with E-state index in [2.05, 4.69) is 15.2 Å². The van der Waals surface area contributed by atoms with E-state index in [1.54, 1.807) is 27.7 Å². The Labute approximate surface area is 173 Å². The van der Waals surface area contributed by atoms with Crippen LogP contribution in [0.2, 0.25) is 0 Å². The molecule has 3 N–H and O–H groups in total. The van der Waals surface area contributed by atoms with Crippen LogP contribution in [-0.2, 0) is 22.5 Å². The van der Waals surface area contributed by atoms with Gasteiger partial charge in [0.15, 0.2) is 10.9 Å². The number of Topliss-reactive ketones (excluding diaryl/α,β-unsaturated/α-hetero) is 1. The van der Waals surface area contributed by atoms with E-state index in [0.717, 1.165) is 0 Å². The first-order chi connectivity index (χ1) is 13.7. The average Bonchev–Trinajstić information content (AvgIpc) is 3.18. The van der Waals surface area contributed by atoms with Gasteiger partial charge in [0.2, 0.25) is 5.91 Å². The summed E-state index contributed by atoms with van der Waals surface area (Å²) in [6.07, 6.45) is 0.589. The molecule has 0 saturated carbocycles. The van der Waals surface area contributed by atoms with Gasteiger partial charge in [-0.15, -0.1) is 10.2 Å². The number of primary amides is 1. The van der Waals surface area contributed by atoms with Gasteiger partial charge in [-0.1, -0.05) is 11.8 Å². The van der Waals surface area contributed by atoms with Crippen LogP contribution in [0.15, 0.2) is 5.16 Å². The van der Waals surface area contributed by atoms with Crippen molar-refractivity contribution in [3.63, 3.8) is 0 Å². The zero-order chi connectivity index (χ0) is 21.7. The van der Waals surface area contributed by atoms with Gasteiger partial charge in [-0.05, 0) is 40.2 Å². The Kier molecular flexibility index (Phi) is 7.60. The first-order valence-electron chi connectivity index (χ1n) is 9.48. The second-order valence-electron chi connectivity index (χ2n) is 6.58. The van der Waals surface area contributed by atoms with E-state index in [1.807, 2.05) is 11.5 Å². The summed E-state index contributed by atoms with van der Waals surface area (Å²) in [4.78, 5) is 39.2. The molecule has 0 aromatic carbocycles. The van der Waals surface area contributed by atoms with E-state index >= 15 is 0 Å². The Hall–Kier alpha value is -2.62. The van der Waals surface area contributed by atoms with Crippen molar-refractivity contribution in [2.75, 3.05) is 6.61 Å². The number of carbonyl (C=O) groups excluding carboxylic acids is 3. The third-order valence-electron chi connectivity index (χ3n) is 4.52. The fourth-order valence-corrected chi connectivity index (χ4v) is 4.06. The molecule has 0 fully saturated rings. The van der Waals surface area contributed by atoms with Crippen LogP contribution in [0.4, 0.5) is 0 Å². The summed E-state index contributed by atoms with van der Waals surface area (Å²) in [5, 5.41) is 8.43. The number of aromatic nitrogens is 4. The number of aromatic amines is 1. The largest absolute Gasteiger partial charge is 0.462 e. The highest BCUT2D eigenvalue weighted by molar-refractivity contribution is 8.00. The van der Waals surface area contributed by atoms with Gasteiger partial charge in [-0.2, -0.15) is 0 Å². The molecule has 2 rings (SSSR count). The van der Waals surface area contributed by atoms with Gasteiger partial charge in [-0.3, -0.25) is 9.59 Å². The molecule has 0 spiro atoms. The Morgan fingerprint density at radius 3 is 2.52 bits per heavy atom. The Morgan fingerprint density at radius 2 is 1.93 bits per heavy atom. The number of amides is 1. The quantitative estimate of drug-likeness (QED) is 0.341. The van der Waals surface area contributed by atoms with Gasteiger partial charge < -0.3 is 20.0 Å². The minimum Gasteiger partial charge on any atom is -0.462 e. The average molecular weight is 422 g/mol. The normalized spacial score (nSPS) is 12.0. The molecule has 0 bridgehead atoms. The van der Waals surface area contributed by atoms with E-state index in [1.165, 1.54) is 11.8 Å². The lowest BCUT2D eigenvalue weighted by molar-refractivity contribution is -0.118. The van der Waals surface area contributed by atoms with Crippen molar-refractivity contribution < 1.29 is 19.1 Å². The monoisotopic (exact) mass is 421 g/mol. The summed E-state index contributed by atoms with van der Waals surface area (Å²) >= 11 is 1.28. The van der Waals surface area contributed by atoms with Crippen LogP contribution in [0.25, 0.3) is 0 Å². The van der Waals surface area contributed by atoms with Crippen molar-refractivity contribution >= 4 is 29.4 Å². The van der Waals surface area contributed by atoms with Crippen LogP contribution >= 0.6 is 11.8 Å². The number of ether oxygens (including phenoxy) is 1. The van der Waals surface area contributed by atoms with Crippen molar-refractivity contribution in [1.82, 2.24) is 19.7 Å². The minimum atomic E-state index is -0.458. The predicted octanol–water partition coefficient (Wildman–Crippen LogP) is 2.20. The van der Waals surface area contributed by atoms with E-state index in [-0.39, 0.29) is 18.8 Å². The maximum Gasteiger partial charge on any atom is 0.340 e. The van der Waals surface area contributed by atoms with Crippen LogP contribution in [0.1, 0.15) is 65.1 Å². The highest BCUT2D eigenvalue weighted by Crippen LogP contribution is 2.28. The second kappa shape index (κ2) is 9.73. The maximum absolute atomic E-state index is 13.0. The van der Waals surface area contributed by atoms with Crippen molar-refractivity contribution in [1.29, 1.82) is 0 Å². The summed E-state index contributed by atoms with van der Waals surface area (Å²) in [6.45, 7) is 9.81. The molecule has 10 heteroatoms. The molecule has 2 aromatic heterocycles. The summed E-state index contributed by atoms with van der Waals surface area (Å²) in [5.74, 6) is -0.327.